The van der Waals surface area contributed by atoms with Crippen molar-refractivity contribution in [3.8, 4) is 6.07 Å². The summed E-state index contributed by atoms with van der Waals surface area (Å²) in [6.45, 7) is 1.27. The lowest BCUT2D eigenvalue weighted by Gasteiger charge is -2.09. The van der Waals surface area contributed by atoms with Gasteiger partial charge >= 0.3 is 5.97 Å². The zero-order valence-corrected chi connectivity index (χ0v) is 10.8. The number of rotatable bonds is 5. The highest BCUT2D eigenvalue weighted by Crippen LogP contribution is 2.16. The van der Waals surface area contributed by atoms with Crippen molar-refractivity contribution in [3.05, 3.63) is 35.4 Å². The topological polar surface area (TPSA) is 59.3 Å². The van der Waals surface area contributed by atoms with E-state index in [1.807, 2.05) is 6.07 Å². The number of benzene rings is 1. The van der Waals surface area contributed by atoms with Crippen molar-refractivity contribution in [3.63, 3.8) is 0 Å². The molecule has 0 amide bonds. The molecule has 0 spiro atoms. The first-order chi connectivity index (χ1) is 9.29. The number of hydrogen-bond acceptors (Lipinski definition) is 4. The quantitative estimate of drug-likeness (QED) is 0.602. The van der Waals surface area contributed by atoms with E-state index in [-0.39, 0.29) is 5.97 Å². The fourth-order valence-electron chi connectivity index (χ4n) is 2.11. The minimum Gasteiger partial charge on any atom is -0.462 e. The molecule has 0 aliphatic carbocycles. The van der Waals surface area contributed by atoms with Crippen LogP contribution in [0.3, 0.4) is 0 Å². The second-order valence-electron chi connectivity index (χ2n) is 4.60. The van der Waals surface area contributed by atoms with Crippen LogP contribution in [0.25, 0.3) is 0 Å². The van der Waals surface area contributed by atoms with Crippen LogP contribution < -0.4 is 0 Å². The molecule has 1 aromatic rings. The molecular formula is C15H17NO3. The predicted molar refractivity (Wildman–Crippen MR) is 69.6 cm³/mol. The van der Waals surface area contributed by atoms with E-state index in [1.165, 1.54) is 0 Å². The van der Waals surface area contributed by atoms with Crippen LogP contribution in [-0.2, 0) is 9.47 Å². The molecule has 0 bridgehead atoms. The normalized spacial score (nSPS) is 17.9. The van der Waals surface area contributed by atoms with E-state index in [9.17, 15) is 4.79 Å². The molecule has 0 saturated carbocycles. The van der Waals surface area contributed by atoms with Crippen LogP contribution in [-0.4, -0.2) is 25.3 Å². The lowest BCUT2D eigenvalue weighted by molar-refractivity contribution is 0.0461. The number of carbonyl (C=O) groups is 1. The van der Waals surface area contributed by atoms with Crippen molar-refractivity contribution < 1.29 is 14.3 Å². The van der Waals surface area contributed by atoms with Gasteiger partial charge < -0.3 is 9.47 Å². The number of carbonyl (C=O) groups excluding carboxylic acids is 1. The largest absolute Gasteiger partial charge is 0.462 e. The number of hydrogen-bond donors (Lipinski definition) is 0. The van der Waals surface area contributed by atoms with Gasteiger partial charge in [-0.15, -0.1) is 0 Å². The zero-order valence-electron chi connectivity index (χ0n) is 10.8. The third-order valence-corrected chi connectivity index (χ3v) is 3.18. The van der Waals surface area contributed by atoms with E-state index in [0.29, 0.717) is 23.8 Å². The minimum atomic E-state index is -0.336. The van der Waals surface area contributed by atoms with Crippen molar-refractivity contribution in [1.82, 2.24) is 0 Å². The summed E-state index contributed by atoms with van der Waals surface area (Å²) in [6.07, 6.45) is 4.36. The Morgan fingerprint density at radius 1 is 1.42 bits per heavy atom. The van der Waals surface area contributed by atoms with Gasteiger partial charge in [0.25, 0.3) is 0 Å². The van der Waals surface area contributed by atoms with Crippen LogP contribution in [0.15, 0.2) is 24.3 Å². The molecule has 1 heterocycles. The van der Waals surface area contributed by atoms with Gasteiger partial charge in [0.05, 0.1) is 29.9 Å². The number of nitriles is 1. The van der Waals surface area contributed by atoms with Gasteiger partial charge in [0.15, 0.2) is 0 Å². The summed E-state index contributed by atoms with van der Waals surface area (Å²) in [6, 6.07) is 8.46. The summed E-state index contributed by atoms with van der Waals surface area (Å²) in [7, 11) is 0. The summed E-state index contributed by atoms with van der Waals surface area (Å²) in [4.78, 5) is 11.7. The van der Waals surface area contributed by atoms with Gasteiger partial charge in [-0.25, -0.2) is 4.79 Å². The molecule has 1 fully saturated rings. The molecule has 0 radical (unpaired) electrons. The first-order valence-electron chi connectivity index (χ1n) is 6.58. The maximum absolute atomic E-state index is 11.7. The first kappa shape index (κ1) is 13.6. The van der Waals surface area contributed by atoms with Crippen molar-refractivity contribution in [2.24, 2.45) is 0 Å². The molecule has 2 rings (SSSR count). The van der Waals surface area contributed by atoms with Gasteiger partial charge in [-0.2, -0.15) is 5.26 Å². The second kappa shape index (κ2) is 6.91. The Balaban J connectivity index is 1.69. The molecule has 4 heteroatoms. The Bertz CT molecular complexity index is 455. The fourth-order valence-corrected chi connectivity index (χ4v) is 2.11. The number of esters is 1. The predicted octanol–water partition coefficient (Wildman–Crippen LogP) is 2.67. The molecule has 4 nitrogen and oxygen atoms in total. The summed E-state index contributed by atoms with van der Waals surface area (Å²) < 4.78 is 10.7. The van der Waals surface area contributed by atoms with Crippen LogP contribution in [0.2, 0.25) is 0 Å². The summed E-state index contributed by atoms with van der Waals surface area (Å²) in [5, 5.41) is 8.67. The van der Waals surface area contributed by atoms with E-state index >= 15 is 0 Å². The molecule has 1 saturated heterocycles. The van der Waals surface area contributed by atoms with Crippen molar-refractivity contribution in [2.75, 3.05) is 13.2 Å². The summed E-state index contributed by atoms with van der Waals surface area (Å²) in [5.74, 6) is -0.336. The van der Waals surface area contributed by atoms with E-state index in [4.69, 9.17) is 14.7 Å². The van der Waals surface area contributed by atoms with Crippen molar-refractivity contribution in [1.29, 1.82) is 5.26 Å². The van der Waals surface area contributed by atoms with Gasteiger partial charge in [0.1, 0.15) is 0 Å². The summed E-state index contributed by atoms with van der Waals surface area (Å²) in [5.41, 5.74) is 1.02. The maximum atomic E-state index is 11.7. The van der Waals surface area contributed by atoms with Gasteiger partial charge in [0, 0.05) is 6.61 Å². The molecule has 0 N–H and O–H groups in total. The highest BCUT2D eigenvalue weighted by atomic mass is 16.5. The van der Waals surface area contributed by atoms with Crippen LogP contribution in [0.5, 0.6) is 0 Å². The van der Waals surface area contributed by atoms with Crippen LogP contribution in [0.1, 0.15) is 41.6 Å². The molecule has 1 aromatic carbocycles. The van der Waals surface area contributed by atoms with Crippen LogP contribution in [0, 0.1) is 11.3 Å². The molecule has 1 aliphatic rings. The Morgan fingerprint density at radius 2 is 2.21 bits per heavy atom. The number of nitrogens with zero attached hydrogens (tertiary/aromatic N) is 1. The Hall–Kier alpha value is -1.86. The van der Waals surface area contributed by atoms with Gasteiger partial charge in [0.2, 0.25) is 0 Å². The van der Waals surface area contributed by atoms with Crippen molar-refractivity contribution >= 4 is 5.97 Å². The number of ether oxygens (including phenoxy) is 2. The SMILES string of the molecule is N#Cc1ccc(C(=O)OCCC[C@H]2CCCO2)cc1. The molecule has 1 atom stereocenters. The molecule has 100 valence electrons. The molecular weight excluding hydrogens is 242 g/mol. The van der Waals surface area contributed by atoms with E-state index in [1.54, 1.807) is 24.3 Å². The van der Waals surface area contributed by atoms with Crippen LogP contribution in [0.4, 0.5) is 0 Å². The lowest BCUT2D eigenvalue weighted by atomic mass is 10.1. The van der Waals surface area contributed by atoms with Gasteiger partial charge in [-0.3, -0.25) is 0 Å². The standard InChI is InChI=1S/C15H17NO3/c16-11-12-5-7-13(8-6-12)15(17)19-10-2-4-14-3-1-9-18-14/h5-8,14H,1-4,9-10H2/t14-/m1/s1. The zero-order chi connectivity index (χ0) is 13.5. The first-order valence-corrected chi connectivity index (χ1v) is 6.58. The second-order valence-corrected chi connectivity index (χ2v) is 4.60. The average molecular weight is 259 g/mol. The van der Waals surface area contributed by atoms with Crippen LogP contribution >= 0.6 is 0 Å². The van der Waals surface area contributed by atoms with Gasteiger partial charge in [-0.05, 0) is 49.9 Å². The third-order valence-electron chi connectivity index (χ3n) is 3.18. The molecule has 0 unspecified atom stereocenters. The highest BCUT2D eigenvalue weighted by molar-refractivity contribution is 5.89. The Labute approximate surface area is 112 Å². The maximum Gasteiger partial charge on any atom is 0.338 e. The molecule has 19 heavy (non-hydrogen) atoms. The smallest absolute Gasteiger partial charge is 0.338 e. The highest BCUT2D eigenvalue weighted by Gasteiger charge is 2.15. The van der Waals surface area contributed by atoms with E-state index < -0.39 is 0 Å². The Kier molecular flexibility index (Phi) is 4.93. The third kappa shape index (κ3) is 4.08. The summed E-state index contributed by atoms with van der Waals surface area (Å²) >= 11 is 0. The molecule has 0 aromatic heterocycles. The monoisotopic (exact) mass is 259 g/mol. The fraction of sp³-hybridized carbons (Fsp3) is 0.467. The lowest BCUT2D eigenvalue weighted by Crippen LogP contribution is -2.10. The molecule has 1 aliphatic heterocycles. The van der Waals surface area contributed by atoms with E-state index in [0.717, 1.165) is 32.3 Å². The average Bonchev–Trinajstić information content (AvgIpc) is 2.96. The van der Waals surface area contributed by atoms with Crippen molar-refractivity contribution in [2.45, 2.75) is 31.8 Å². The minimum absolute atomic E-state index is 0.336. The van der Waals surface area contributed by atoms with E-state index in [2.05, 4.69) is 0 Å². The Morgan fingerprint density at radius 3 is 2.84 bits per heavy atom. The van der Waals surface area contributed by atoms with Gasteiger partial charge in [-0.1, -0.05) is 0 Å².